The van der Waals surface area contributed by atoms with Crippen molar-refractivity contribution in [3.63, 3.8) is 0 Å². The van der Waals surface area contributed by atoms with Crippen LogP contribution < -0.4 is 5.32 Å². The van der Waals surface area contributed by atoms with Crippen molar-refractivity contribution in [2.75, 3.05) is 5.32 Å². The third kappa shape index (κ3) is 3.77. The second-order valence-electron chi connectivity index (χ2n) is 5.80. The highest BCUT2D eigenvalue weighted by Crippen LogP contribution is 2.26. The smallest absolute Gasteiger partial charge is 0.237 e. The topological polar surface area (TPSA) is 83.6 Å². The molecule has 2 heterocycles. The molecule has 1 aliphatic rings. The van der Waals surface area contributed by atoms with Crippen LogP contribution in [0.1, 0.15) is 37.6 Å². The number of carbonyl (C=O) groups is 1. The standard InChI is InChI=1S/C17H19N5OS/c1-12(16(23)19-14-7-5-6-13(10-14)11-18)24-17-21-20-15-8-3-2-4-9-22(15)17/h5-7,10,12H,2-4,8-9H2,1H3,(H,19,23)/t12-/m0/s1. The number of nitrogens with zero attached hydrogens (tertiary/aromatic N) is 4. The fourth-order valence-electron chi connectivity index (χ4n) is 2.67. The van der Waals surface area contributed by atoms with Gasteiger partial charge in [0.1, 0.15) is 5.82 Å². The minimum atomic E-state index is -0.299. The molecule has 1 amide bonds. The Balaban J connectivity index is 1.66. The van der Waals surface area contributed by atoms with Crippen LogP contribution in [0.4, 0.5) is 5.69 Å². The Kier molecular flexibility index (Phi) is 5.16. The van der Waals surface area contributed by atoms with Gasteiger partial charge in [0.05, 0.1) is 16.9 Å². The summed E-state index contributed by atoms with van der Waals surface area (Å²) in [7, 11) is 0. The van der Waals surface area contributed by atoms with E-state index in [1.54, 1.807) is 24.3 Å². The van der Waals surface area contributed by atoms with Gasteiger partial charge in [-0.15, -0.1) is 10.2 Å². The van der Waals surface area contributed by atoms with Gasteiger partial charge >= 0.3 is 0 Å². The molecule has 0 aliphatic carbocycles. The number of fused-ring (bicyclic) bond motifs is 1. The molecule has 0 fully saturated rings. The number of rotatable bonds is 4. The van der Waals surface area contributed by atoms with Gasteiger partial charge in [-0.3, -0.25) is 4.79 Å². The number of anilines is 1. The van der Waals surface area contributed by atoms with Gasteiger partial charge < -0.3 is 9.88 Å². The summed E-state index contributed by atoms with van der Waals surface area (Å²) >= 11 is 1.42. The number of thioether (sulfide) groups is 1. The Morgan fingerprint density at radius 3 is 3.08 bits per heavy atom. The summed E-state index contributed by atoms with van der Waals surface area (Å²) in [5, 5.41) is 20.8. The van der Waals surface area contributed by atoms with Crippen molar-refractivity contribution in [3.8, 4) is 6.07 Å². The Labute approximate surface area is 145 Å². The van der Waals surface area contributed by atoms with Crippen molar-refractivity contribution < 1.29 is 4.79 Å². The number of hydrogen-bond acceptors (Lipinski definition) is 5. The van der Waals surface area contributed by atoms with E-state index in [0.717, 1.165) is 36.8 Å². The lowest BCUT2D eigenvalue weighted by Crippen LogP contribution is -2.23. The first-order valence-electron chi connectivity index (χ1n) is 8.07. The normalized spacial score (nSPS) is 15.0. The first-order valence-corrected chi connectivity index (χ1v) is 8.95. The molecule has 3 rings (SSSR count). The number of nitrogens with one attached hydrogen (secondary N) is 1. The number of carbonyl (C=O) groups excluding carboxylic acids is 1. The number of aryl methyl sites for hydroxylation is 1. The second kappa shape index (κ2) is 7.49. The number of amides is 1. The Morgan fingerprint density at radius 2 is 2.25 bits per heavy atom. The molecule has 1 aromatic heterocycles. The number of hydrogen-bond donors (Lipinski definition) is 1. The maximum atomic E-state index is 12.4. The molecule has 1 aromatic carbocycles. The second-order valence-corrected chi connectivity index (χ2v) is 7.11. The van der Waals surface area contributed by atoms with Gasteiger partial charge in [-0.2, -0.15) is 5.26 Å². The van der Waals surface area contributed by atoms with E-state index in [0.29, 0.717) is 11.3 Å². The lowest BCUT2D eigenvalue weighted by Gasteiger charge is -2.12. The fourth-order valence-corrected chi connectivity index (χ4v) is 3.56. The zero-order chi connectivity index (χ0) is 16.9. The molecule has 0 radical (unpaired) electrons. The lowest BCUT2D eigenvalue weighted by atomic mass is 10.2. The molecule has 1 aliphatic heterocycles. The van der Waals surface area contributed by atoms with Gasteiger partial charge in [-0.1, -0.05) is 24.2 Å². The molecular formula is C17H19N5OS. The zero-order valence-electron chi connectivity index (χ0n) is 13.5. The van der Waals surface area contributed by atoms with E-state index in [1.807, 2.05) is 6.92 Å². The average Bonchev–Trinajstić information content (AvgIpc) is 2.82. The maximum absolute atomic E-state index is 12.4. The summed E-state index contributed by atoms with van der Waals surface area (Å²) < 4.78 is 2.14. The van der Waals surface area contributed by atoms with Crippen molar-refractivity contribution in [2.24, 2.45) is 0 Å². The molecule has 0 saturated heterocycles. The van der Waals surface area contributed by atoms with Crippen LogP contribution in [0.5, 0.6) is 0 Å². The summed E-state index contributed by atoms with van der Waals surface area (Å²) in [6, 6.07) is 8.97. The van der Waals surface area contributed by atoms with Crippen molar-refractivity contribution in [1.82, 2.24) is 14.8 Å². The Hall–Kier alpha value is -2.33. The molecule has 0 spiro atoms. The van der Waals surface area contributed by atoms with E-state index in [2.05, 4.69) is 26.2 Å². The van der Waals surface area contributed by atoms with Crippen LogP contribution in [0.15, 0.2) is 29.4 Å². The van der Waals surface area contributed by atoms with Crippen LogP contribution in [0.3, 0.4) is 0 Å². The number of nitriles is 1. The first kappa shape index (κ1) is 16.5. The van der Waals surface area contributed by atoms with Gasteiger partial charge in [-0.05, 0) is 38.0 Å². The van der Waals surface area contributed by atoms with Gasteiger partial charge in [0.2, 0.25) is 5.91 Å². The molecule has 2 aromatic rings. The molecule has 0 unspecified atom stereocenters. The average molecular weight is 341 g/mol. The quantitative estimate of drug-likeness (QED) is 0.864. The molecule has 1 N–H and O–H groups in total. The van der Waals surface area contributed by atoms with E-state index < -0.39 is 0 Å². The molecule has 124 valence electrons. The molecule has 0 saturated carbocycles. The van der Waals surface area contributed by atoms with Crippen LogP contribution in [-0.2, 0) is 17.8 Å². The van der Waals surface area contributed by atoms with Crippen LogP contribution in [0.25, 0.3) is 0 Å². The maximum Gasteiger partial charge on any atom is 0.237 e. The summed E-state index contributed by atoms with van der Waals surface area (Å²) in [5.74, 6) is 0.908. The number of benzene rings is 1. The minimum Gasteiger partial charge on any atom is -0.325 e. The van der Waals surface area contributed by atoms with E-state index in [1.165, 1.54) is 18.2 Å². The summed E-state index contributed by atoms with van der Waals surface area (Å²) in [6.45, 7) is 2.77. The van der Waals surface area contributed by atoms with Gasteiger partial charge in [0.15, 0.2) is 5.16 Å². The lowest BCUT2D eigenvalue weighted by molar-refractivity contribution is -0.115. The van der Waals surface area contributed by atoms with E-state index in [4.69, 9.17) is 5.26 Å². The fraction of sp³-hybridized carbons (Fsp3) is 0.412. The van der Waals surface area contributed by atoms with E-state index in [9.17, 15) is 4.79 Å². The third-order valence-electron chi connectivity index (χ3n) is 3.99. The molecule has 6 nitrogen and oxygen atoms in total. The SMILES string of the molecule is C[C@H](Sc1nnc2n1CCCCC2)C(=O)Nc1cccc(C#N)c1. The number of aromatic nitrogens is 3. The Morgan fingerprint density at radius 1 is 1.38 bits per heavy atom. The van der Waals surface area contributed by atoms with Crippen molar-refractivity contribution in [3.05, 3.63) is 35.7 Å². The van der Waals surface area contributed by atoms with Crippen LogP contribution in [0, 0.1) is 11.3 Å². The summed E-state index contributed by atoms with van der Waals surface area (Å²) in [4.78, 5) is 12.4. The third-order valence-corrected chi connectivity index (χ3v) is 5.07. The first-order chi connectivity index (χ1) is 11.7. The van der Waals surface area contributed by atoms with Crippen LogP contribution in [-0.4, -0.2) is 25.9 Å². The van der Waals surface area contributed by atoms with Crippen LogP contribution >= 0.6 is 11.8 Å². The zero-order valence-corrected chi connectivity index (χ0v) is 14.3. The van der Waals surface area contributed by atoms with Crippen LogP contribution in [0.2, 0.25) is 0 Å². The highest BCUT2D eigenvalue weighted by Gasteiger charge is 2.21. The molecule has 0 bridgehead atoms. The van der Waals surface area contributed by atoms with E-state index >= 15 is 0 Å². The predicted octanol–water partition coefficient (Wildman–Crippen LogP) is 3.00. The molecule has 24 heavy (non-hydrogen) atoms. The Bertz CT molecular complexity index is 780. The highest BCUT2D eigenvalue weighted by atomic mass is 32.2. The predicted molar refractivity (Wildman–Crippen MR) is 92.7 cm³/mol. The summed E-state index contributed by atoms with van der Waals surface area (Å²) in [5.41, 5.74) is 1.16. The van der Waals surface area contributed by atoms with Gasteiger partial charge in [-0.25, -0.2) is 0 Å². The van der Waals surface area contributed by atoms with Crippen molar-refractivity contribution >= 4 is 23.4 Å². The van der Waals surface area contributed by atoms with Crippen molar-refractivity contribution in [1.29, 1.82) is 5.26 Å². The largest absolute Gasteiger partial charge is 0.325 e. The van der Waals surface area contributed by atoms with Crippen molar-refractivity contribution in [2.45, 2.75) is 49.6 Å². The monoisotopic (exact) mass is 341 g/mol. The van der Waals surface area contributed by atoms with Gasteiger partial charge in [0, 0.05) is 18.7 Å². The molecular weight excluding hydrogens is 322 g/mol. The minimum absolute atomic E-state index is 0.110. The molecule has 1 atom stereocenters. The van der Waals surface area contributed by atoms with E-state index in [-0.39, 0.29) is 11.2 Å². The van der Waals surface area contributed by atoms with Gasteiger partial charge in [0.25, 0.3) is 0 Å². The highest BCUT2D eigenvalue weighted by molar-refractivity contribution is 8.00. The summed E-state index contributed by atoms with van der Waals surface area (Å²) in [6.07, 6.45) is 4.43. The molecule has 7 heteroatoms.